The number of carbonyl (C=O) groups is 3. The Hall–Kier alpha value is -3.42. The van der Waals surface area contributed by atoms with Gasteiger partial charge in [0.15, 0.2) is 0 Å². The van der Waals surface area contributed by atoms with Crippen molar-refractivity contribution in [1.82, 2.24) is 9.80 Å². The molecule has 1 N–H and O–H groups in total. The topological polar surface area (TPSA) is 79.0 Å². The van der Waals surface area contributed by atoms with Crippen LogP contribution in [0.25, 0.3) is 0 Å². The molecule has 3 amide bonds. The number of amides is 3. The molecule has 1 fully saturated rings. The van der Waals surface area contributed by atoms with Crippen molar-refractivity contribution in [1.29, 1.82) is 0 Å². The highest BCUT2D eigenvalue weighted by molar-refractivity contribution is 6.39. The van der Waals surface area contributed by atoms with Crippen molar-refractivity contribution in [3.05, 3.63) is 59.4 Å². The zero-order chi connectivity index (χ0) is 22.5. The molecule has 1 aliphatic heterocycles. The highest BCUT2D eigenvalue weighted by atomic mass is 19.1. The van der Waals surface area contributed by atoms with Crippen LogP contribution in [0.1, 0.15) is 28.8 Å². The van der Waals surface area contributed by atoms with Gasteiger partial charge in [-0.05, 0) is 48.9 Å². The number of anilines is 1. The zero-order valence-electron chi connectivity index (χ0n) is 17.9. The second-order valence-electron chi connectivity index (χ2n) is 7.75. The first-order chi connectivity index (χ1) is 14.7. The Labute approximate surface area is 180 Å². The van der Waals surface area contributed by atoms with Gasteiger partial charge >= 0.3 is 11.8 Å². The SMILES string of the molecule is Cc1ccc(NC(=O)C(=O)N(C)C)cc1C(=O)N1CCC(Oc2ccc(F)cc2)CC1. The number of nitrogens with one attached hydrogen (secondary N) is 1. The Balaban J connectivity index is 1.61. The molecule has 31 heavy (non-hydrogen) atoms. The third kappa shape index (κ3) is 5.59. The molecule has 2 aromatic carbocycles. The van der Waals surface area contributed by atoms with Crippen molar-refractivity contribution in [3.8, 4) is 5.75 Å². The van der Waals surface area contributed by atoms with Crippen LogP contribution in [0.4, 0.5) is 10.1 Å². The highest BCUT2D eigenvalue weighted by Crippen LogP contribution is 2.23. The van der Waals surface area contributed by atoms with Crippen molar-refractivity contribution in [2.45, 2.75) is 25.9 Å². The van der Waals surface area contributed by atoms with Crippen molar-refractivity contribution >= 4 is 23.4 Å². The lowest BCUT2D eigenvalue weighted by Crippen LogP contribution is -2.42. The summed E-state index contributed by atoms with van der Waals surface area (Å²) in [6, 6.07) is 10.9. The molecule has 0 bridgehead atoms. The normalized spacial score (nSPS) is 14.1. The molecule has 7 nitrogen and oxygen atoms in total. The minimum atomic E-state index is -0.758. The molecule has 1 heterocycles. The van der Waals surface area contributed by atoms with Crippen LogP contribution in [-0.2, 0) is 9.59 Å². The molecule has 164 valence electrons. The van der Waals surface area contributed by atoms with E-state index in [1.54, 1.807) is 35.2 Å². The van der Waals surface area contributed by atoms with Crippen molar-refractivity contribution in [2.75, 3.05) is 32.5 Å². The predicted molar refractivity (Wildman–Crippen MR) is 114 cm³/mol. The number of likely N-dealkylation sites (tertiary alicyclic amines) is 1. The Bertz CT molecular complexity index is 967. The highest BCUT2D eigenvalue weighted by Gasteiger charge is 2.26. The molecule has 0 unspecified atom stereocenters. The number of benzene rings is 2. The van der Waals surface area contributed by atoms with Gasteiger partial charge in [-0.1, -0.05) is 6.07 Å². The minimum Gasteiger partial charge on any atom is -0.490 e. The lowest BCUT2D eigenvalue weighted by molar-refractivity contribution is -0.141. The molecule has 0 aliphatic carbocycles. The standard InChI is InChI=1S/C23H26FN3O4/c1-15-4-7-17(25-21(28)23(30)26(2)3)14-20(15)22(29)27-12-10-19(11-13-27)31-18-8-5-16(24)6-9-18/h4-9,14,19H,10-13H2,1-3H3,(H,25,28). The summed E-state index contributed by atoms with van der Waals surface area (Å²) in [4.78, 5) is 39.8. The van der Waals surface area contributed by atoms with E-state index in [-0.39, 0.29) is 17.8 Å². The smallest absolute Gasteiger partial charge is 0.313 e. The summed E-state index contributed by atoms with van der Waals surface area (Å²) < 4.78 is 18.9. The number of hydrogen-bond acceptors (Lipinski definition) is 4. The first-order valence-electron chi connectivity index (χ1n) is 10.1. The van der Waals surface area contributed by atoms with Gasteiger partial charge in [0.2, 0.25) is 0 Å². The first kappa shape index (κ1) is 22.3. The summed E-state index contributed by atoms with van der Waals surface area (Å²) in [5.41, 5.74) is 1.66. The monoisotopic (exact) mass is 427 g/mol. The fourth-order valence-electron chi connectivity index (χ4n) is 3.37. The molecule has 2 aromatic rings. The van der Waals surface area contributed by atoms with Crippen LogP contribution in [0.15, 0.2) is 42.5 Å². The summed E-state index contributed by atoms with van der Waals surface area (Å²) in [5.74, 6) is -1.26. The fourth-order valence-corrected chi connectivity index (χ4v) is 3.37. The molecule has 8 heteroatoms. The maximum absolute atomic E-state index is 13.1. The molecule has 1 aliphatic rings. The second kappa shape index (κ2) is 9.59. The maximum Gasteiger partial charge on any atom is 0.313 e. The van der Waals surface area contributed by atoms with Crippen molar-refractivity contribution < 1.29 is 23.5 Å². The largest absolute Gasteiger partial charge is 0.490 e. The summed E-state index contributed by atoms with van der Waals surface area (Å²) >= 11 is 0. The quantitative estimate of drug-likeness (QED) is 0.761. The Morgan fingerprint density at radius 3 is 2.32 bits per heavy atom. The van der Waals surface area contributed by atoms with Gasteiger partial charge in [-0.15, -0.1) is 0 Å². The Morgan fingerprint density at radius 1 is 1.06 bits per heavy atom. The van der Waals surface area contributed by atoms with E-state index >= 15 is 0 Å². The van der Waals surface area contributed by atoms with Gasteiger partial charge < -0.3 is 19.9 Å². The average molecular weight is 427 g/mol. The summed E-state index contributed by atoms with van der Waals surface area (Å²) in [7, 11) is 2.99. The van der Waals surface area contributed by atoms with Gasteiger partial charge in [0.05, 0.1) is 0 Å². The molecular weight excluding hydrogens is 401 g/mol. The van der Waals surface area contributed by atoms with Gasteiger partial charge in [0.1, 0.15) is 17.7 Å². The van der Waals surface area contributed by atoms with Crippen LogP contribution >= 0.6 is 0 Å². The van der Waals surface area contributed by atoms with E-state index in [4.69, 9.17) is 4.74 Å². The first-order valence-corrected chi connectivity index (χ1v) is 10.1. The minimum absolute atomic E-state index is 0.0433. The van der Waals surface area contributed by atoms with Gasteiger partial charge in [-0.25, -0.2) is 4.39 Å². The average Bonchev–Trinajstić information content (AvgIpc) is 2.76. The van der Waals surface area contributed by atoms with Crippen LogP contribution in [0.2, 0.25) is 0 Å². The fraction of sp³-hybridized carbons (Fsp3) is 0.348. The summed E-state index contributed by atoms with van der Waals surface area (Å²) in [6.45, 7) is 2.88. The summed E-state index contributed by atoms with van der Waals surface area (Å²) in [6.07, 6.45) is 1.28. The number of ether oxygens (including phenoxy) is 1. The molecule has 0 spiro atoms. The molecule has 0 aromatic heterocycles. The van der Waals surface area contributed by atoms with E-state index in [1.165, 1.54) is 31.1 Å². The van der Waals surface area contributed by atoms with Gasteiger partial charge in [0.25, 0.3) is 5.91 Å². The number of aryl methyl sites for hydroxylation is 1. The predicted octanol–water partition coefficient (Wildman–Crippen LogP) is 2.84. The van der Waals surface area contributed by atoms with E-state index < -0.39 is 11.8 Å². The van der Waals surface area contributed by atoms with Crippen LogP contribution in [0, 0.1) is 12.7 Å². The third-order valence-electron chi connectivity index (χ3n) is 5.17. The van der Waals surface area contributed by atoms with Gasteiger partial charge in [-0.2, -0.15) is 0 Å². The van der Waals surface area contributed by atoms with Crippen LogP contribution in [0.3, 0.4) is 0 Å². The van der Waals surface area contributed by atoms with Gasteiger partial charge in [0, 0.05) is 51.3 Å². The molecule has 3 rings (SSSR count). The number of halogens is 1. The van der Waals surface area contributed by atoms with Crippen LogP contribution < -0.4 is 10.1 Å². The number of rotatable bonds is 4. The number of likely N-dealkylation sites (N-methyl/N-ethyl adjacent to an activating group) is 1. The summed E-state index contributed by atoms with van der Waals surface area (Å²) in [5, 5.41) is 2.54. The lowest BCUT2D eigenvalue weighted by Gasteiger charge is -2.32. The van der Waals surface area contributed by atoms with Gasteiger partial charge in [-0.3, -0.25) is 14.4 Å². The van der Waals surface area contributed by atoms with E-state index in [0.29, 0.717) is 42.9 Å². The van der Waals surface area contributed by atoms with Crippen LogP contribution in [-0.4, -0.2) is 60.8 Å². The van der Waals surface area contributed by atoms with Crippen molar-refractivity contribution in [3.63, 3.8) is 0 Å². The molecule has 1 saturated heterocycles. The number of hydrogen-bond donors (Lipinski definition) is 1. The Kier molecular flexibility index (Phi) is 6.89. The van der Waals surface area contributed by atoms with Crippen LogP contribution in [0.5, 0.6) is 5.75 Å². The van der Waals surface area contributed by atoms with E-state index in [2.05, 4.69) is 5.32 Å². The molecule has 0 saturated carbocycles. The molecule has 0 atom stereocenters. The number of nitrogens with zero attached hydrogens (tertiary/aromatic N) is 2. The number of carbonyl (C=O) groups excluding carboxylic acids is 3. The lowest BCUT2D eigenvalue weighted by atomic mass is 10.0. The van der Waals surface area contributed by atoms with E-state index in [1.807, 2.05) is 6.92 Å². The third-order valence-corrected chi connectivity index (χ3v) is 5.17. The molecular formula is C23H26FN3O4. The van der Waals surface area contributed by atoms with E-state index in [0.717, 1.165) is 5.56 Å². The zero-order valence-corrected chi connectivity index (χ0v) is 17.9. The van der Waals surface area contributed by atoms with E-state index in [9.17, 15) is 18.8 Å². The van der Waals surface area contributed by atoms with Crippen molar-refractivity contribution in [2.24, 2.45) is 0 Å². The maximum atomic E-state index is 13.1. The Morgan fingerprint density at radius 2 is 1.71 bits per heavy atom. The number of piperidine rings is 1. The second-order valence-corrected chi connectivity index (χ2v) is 7.75. The molecule has 0 radical (unpaired) electrons.